The highest BCUT2D eigenvalue weighted by molar-refractivity contribution is 5.95. The second-order valence-electron chi connectivity index (χ2n) is 13.8. The van der Waals surface area contributed by atoms with Crippen LogP contribution in [0.1, 0.15) is 130 Å². The van der Waals surface area contributed by atoms with Gasteiger partial charge >= 0.3 is 5.97 Å². The first-order valence-corrected chi connectivity index (χ1v) is 13.4. The third kappa shape index (κ3) is 6.62. The second kappa shape index (κ2) is 10.4. The maximum absolute atomic E-state index is 14.2. The van der Waals surface area contributed by atoms with Crippen LogP contribution in [0.3, 0.4) is 0 Å². The Morgan fingerprint density at radius 1 is 1.00 bits per heavy atom. The van der Waals surface area contributed by atoms with Crippen LogP contribution >= 0.6 is 0 Å². The van der Waals surface area contributed by atoms with Crippen LogP contribution in [0, 0.1) is 0 Å². The number of aromatic hydroxyl groups is 1. The molecule has 1 aliphatic rings. The zero-order chi connectivity index (χ0) is 27.9. The van der Waals surface area contributed by atoms with Crippen molar-refractivity contribution in [3.05, 3.63) is 28.8 Å². The third-order valence-electron chi connectivity index (χ3n) is 7.22. The molecule has 1 saturated heterocycles. The molecule has 0 saturated carbocycles. The van der Waals surface area contributed by atoms with E-state index in [2.05, 4.69) is 76.2 Å². The molecular formula is C30H50N2O4. The van der Waals surface area contributed by atoms with Crippen LogP contribution in [-0.2, 0) is 20.5 Å². The summed E-state index contributed by atoms with van der Waals surface area (Å²) in [6.07, 6.45) is 3.27. The van der Waals surface area contributed by atoms with Gasteiger partial charge in [-0.05, 0) is 69.9 Å². The van der Waals surface area contributed by atoms with E-state index in [0.29, 0.717) is 24.9 Å². The highest BCUT2D eigenvalue weighted by Crippen LogP contribution is 2.43. The van der Waals surface area contributed by atoms with Crippen molar-refractivity contribution >= 4 is 11.9 Å². The Labute approximate surface area is 219 Å². The van der Waals surface area contributed by atoms with Gasteiger partial charge in [-0.15, -0.1) is 5.06 Å². The number of nitrogens with zero attached hydrogens (tertiary/aromatic N) is 2. The van der Waals surface area contributed by atoms with Crippen molar-refractivity contribution in [2.24, 2.45) is 0 Å². The van der Waals surface area contributed by atoms with Crippen LogP contribution in [0.15, 0.2) is 12.1 Å². The molecule has 6 heteroatoms. The molecule has 0 radical (unpaired) electrons. The molecule has 0 bridgehead atoms. The van der Waals surface area contributed by atoms with Gasteiger partial charge in [-0.25, -0.2) is 0 Å². The molecule has 6 nitrogen and oxygen atoms in total. The standard InChI is InChI=1S/C30H50N2O4/c1-13-14-15-31(22-18-29(9,10)32(36-20(2)33)30(11,12)19-22)26(35)21-16-23(27(3,4)5)25(34)24(17-21)28(6,7)8/h16-17,22,34H,13-15,18-19H2,1-12H3. The number of carbonyl (C=O) groups excluding carboxylic acids is 2. The Balaban J connectivity index is 2.59. The zero-order valence-corrected chi connectivity index (χ0v) is 24.8. The van der Waals surface area contributed by atoms with E-state index < -0.39 is 11.1 Å². The van der Waals surface area contributed by atoms with Crippen LogP contribution in [0.5, 0.6) is 5.75 Å². The van der Waals surface area contributed by atoms with Crippen molar-refractivity contribution in [2.75, 3.05) is 6.54 Å². The van der Waals surface area contributed by atoms with E-state index in [4.69, 9.17) is 4.84 Å². The average molecular weight is 503 g/mol. The number of rotatable bonds is 6. The van der Waals surface area contributed by atoms with E-state index in [-0.39, 0.29) is 34.5 Å². The Morgan fingerprint density at radius 2 is 1.44 bits per heavy atom. The number of phenols is 1. The summed E-state index contributed by atoms with van der Waals surface area (Å²) < 4.78 is 0. The van der Waals surface area contributed by atoms with E-state index in [9.17, 15) is 14.7 Å². The van der Waals surface area contributed by atoms with E-state index in [1.54, 1.807) is 0 Å². The van der Waals surface area contributed by atoms with Gasteiger partial charge in [0.2, 0.25) is 0 Å². The van der Waals surface area contributed by atoms with Gasteiger partial charge in [0.1, 0.15) is 5.75 Å². The molecule has 1 aromatic carbocycles. The smallest absolute Gasteiger partial charge is 0.322 e. The number of hydroxylamine groups is 2. The Hall–Kier alpha value is -2.08. The molecule has 1 fully saturated rings. The molecule has 204 valence electrons. The molecule has 0 aromatic heterocycles. The first-order valence-electron chi connectivity index (χ1n) is 13.4. The number of hydrogen-bond acceptors (Lipinski definition) is 5. The lowest BCUT2D eigenvalue weighted by Gasteiger charge is -2.54. The molecule has 2 rings (SSSR count). The topological polar surface area (TPSA) is 70.1 Å². The van der Waals surface area contributed by atoms with Crippen molar-refractivity contribution in [1.82, 2.24) is 9.96 Å². The van der Waals surface area contributed by atoms with Gasteiger partial charge in [-0.2, -0.15) is 0 Å². The third-order valence-corrected chi connectivity index (χ3v) is 7.22. The second-order valence-corrected chi connectivity index (χ2v) is 13.8. The Bertz CT molecular complexity index is 913. The minimum atomic E-state index is -0.440. The molecule has 1 aliphatic heterocycles. The zero-order valence-electron chi connectivity index (χ0n) is 24.8. The SMILES string of the molecule is CCCCN(C(=O)c1cc(C(C)(C)C)c(O)c(C(C)(C)C)c1)C1CC(C)(C)N(OC(C)=O)C(C)(C)C1. The summed E-state index contributed by atoms with van der Waals surface area (Å²) in [6, 6.07) is 3.76. The summed E-state index contributed by atoms with van der Waals surface area (Å²) in [6.45, 7) is 24.9. The van der Waals surface area contributed by atoms with Crippen LogP contribution < -0.4 is 0 Å². The number of carbonyl (C=O) groups is 2. The highest BCUT2D eigenvalue weighted by atomic mass is 16.7. The van der Waals surface area contributed by atoms with Gasteiger partial charge in [0.05, 0.1) is 11.1 Å². The minimum absolute atomic E-state index is 0.00279. The minimum Gasteiger partial charge on any atom is -0.507 e. The molecule has 0 unspecified atom stereocenters. The van der Waals surface area contributed by atoms with Gasteiger partial charge in [-0.3, -0.25) is 9.59 Å². The summed E-state index contributed by atoms with van der Waals surface area (Å²) in [5.41, 5.74) is 0.701. The molecular weight excluding hydrogens is 452 g/mol. The fraction of sp³-hybridized carbons (Fsp3) is 0.733. The molecule has 0 spiro atoms. The van der Waals surface area contributed by atoms with E-state index in [0.717, 1.165) is 24.0 Å². The van der Waals surface area contributed by atoms with Gasteiger partial charge in [0, 0.05) is 36.2 Å². The number of unbranched alkanes of at least 4 members (excludes halogenated alkanes) is 1. The Morgan fingerprint density at radius 3 is 1.81 bits per heavy atom. The van der Waals surface area contributed by atoms with Gasteiger partial charge in [0.25, 0.3) is 5.91 Å². The number of phenolic OH excluding ortho intramolecular Hbond substituents is 1. The molecule has 0 atom stereocenters. The van der Waals surface area contributed by atoms with Gasteiger partial charge < -0.3 is 14.8 Å². The maximum Gasteiger partial charge on any atom is 0.322 e. The fourth-order valence-corrected chi connectivity index (χ4v) is 5.65. The first-order chi connectivity index (χ1) is 16.2. The maximum atomic E-state index is 14.2. The number of amides is 1. The monoisotopic (exact) mass is 502 g/mol. The van der Waals surface area contributed by atoms with Crippen LogP contribution in [-0.4, -0.2) is 50.6 Å². The summed E-state index contributed by atoms with van der Waals surface area (Å²) in [5.74, 6) is -0.0531. The molecule has 36 heavy (non-hydrogen) atoms. The van der Waals surface area contributed by atoms with Crippen molar-refractivity contribution in [1.29, 1.82) is 0 Å². The molecule has 1 amide bonds. The van der Waals surface area contributed by atoms with Crippen molar-refractivity contribution in [3.8, 4) is 5.75 Å². The quantitative estimate of drug-likeness (QED) is 0.467. The predicted octanol–water partition coefficient (Wildman–Crippen LogP) is 6.73. The largest absolute Gasteiger partial charge is 0.507 e. The lowest BCUT2D eigenvalue weighted by atomic mass is 9.77. The molecule has 1 aromatic rings. The van der Waals surface area contributed by atoms with E-state index in [1.807, 2.05) is 22.1 Å². The van der Waals surface area contributed by atoms with Crippen LogP contribution in [0.2, 0.25) is 0 Å². The highest BCUT2D eigenvalue weighted by Gasteiger charge is 2.50. The van der Waals surface area contributed by atoms with Crippen molar-refractivity contribution in [3.63, 3.8) is 0 Å². The molecule has 0 aliphatic carbocycles. The summed E-state index contributed by atoms with van der Waals surface area (Å²) in [7, 11) is 0. The average Bonchev–Trinajstić information content (AvgIpc) is 2.68. The lowest BCUT2D eigenvalue weighted by Crippen LogP contribution is -2.64. The number of piperidine rings is 1. The summed E-state index contributed by atoms with van der Waals surface area (Å²) >= 11 is 0. The van der Waals surface area contributed by atoms with E-state index >= 15 is 0 Å². The number of benzene rings is 1. The lowest BCUT2D eigenvalue weighted by molar-refractivity contribution is -0.269. The van der Waals surface area contributed by atoms with Crippen LogP contribution in [0.25, 0.3) is 0 Å². The van der Waals surface area contributed by atoms with E-state index in [1.165, 1.54) is 6.92 Å². The first kappa shape index (κ1) is 30.1. The number of hydrogen-bond donors (Lipinski definition) is 1. The van der Waals surface area contributed by atoms with Crippen molar-refractivity contribution in [2.45, 2.75) is 137 Å². The summed E-state index contributed by atoms with van der Waals surface area (Å²) in [4.78, 5) is 33.8. The normalized spacial score (nSPS) is 18.7. The molecule has 1 N–H and O–H groups in total. The predicted molar refractivity (Wildman–Crippen MR) is 146 cm³/mol. The fourth-order valence-electron chi connectivity index (χ4n) is 5.65. The van der Waals surface area contributed by atoms with Crippen LogP contribution in [0.4, 0.5) is 0 Å². The van der Waals surface area contributed by atoms with Gasteiger partial charge in [0.15, 0.2) is 0 Å². The van der Waals surface area contributed by atoms with Gasteiger partial charge in [-0.1, -0.05) is 54.9 Å². The molecule has 1 heterocycles. The summed E-state index contributed by atoms with van der Waals surface area (Å²) in [5, 5.41) is 13.0. The Kier molecular flexibility index (Phi) is 8.67. The van der Waals surface area contributed by atoms with Crippen molar-refractivity contribution < 1.29 is 19.5 Å².